The third-order valence-electron chi connectivity index (χ3n) is 4.39. The molecule has 26 heavy (non-hydrogen) atoms. The number of aryl methyl sites for hydroxylation is 1. The second-order valence-corrected chi connectivity index (χ2v) is 6.59. The van der Waals surface area contributed by atoms with Gasteiger partial charge >= 0.3 is 0 Å². The van der Waals surface area contributed by atoms with E-state index in [0.717, 1.165) is 12.8 Å². The van der Waals surface area contributed by atoms with Gasteiger partial charge in [0.2, 0.25) is 5.91 Å². The second-order valence-electron chi connectivity index (χ2n) is 6.59. The van der Waals surface area contributed by atoms with Crippen LogP contribution < -0.4 is 15.8 Å². The lowest BCUT2D eigenvalue weighted by Gasteiger charge is -2.18. The SMILES string of the molecule is Cc1c(OCC(O)CNC(C)CCc2ccccc2)cccc1C(N)=O. The quantitative estimate of drug-likeness (QED) is 0.610. The summed E-state index contributed by atoms with van der Waals surface area (Å²) in [5, 5.41) is 13.5. The summed E-state index contributed by atoms with van der Waals surface area (Å²) in [5.74, 6) is 0.0832. The van der Waals surface area contributed by atoms with Crippen LogP contribution in [0.15, 0.2) is 48.5 Å². The molecular weight excluding hydrogens is 328 g/mol. The zero-order valence-electron chi connectivity index (χ0n) is 15.4. The van der Waals surface area contributed by atoms with Gasteiger partial charge in [0.15, 0.2) is 0 Å². The fraction of sp³-hybridized carbons (Fsp3) is 0.381. The van der Waals surface area contributed by atoms with Crippen LogP contribution in [-0.4, -0.2) is 36.3 Å². The monoisotopic (exact) mass is 356 g/mol. The maximum atomic E-state index is 11.4. The summed E-state index contributed by atoms with van der Waals surface area (Å²) in [6, 6.07) is 15.8. The Morgan fingerprint density at radius 1 is 1.19 bits per heavy atom. The molecule has 0 heterocycles. The van der Waals surface area contributed by atoms with E-state index in [1.165, 1.54) is 5.56 Å². The molecule has 5 heteroatoms. The van der Waals surface area contributed by atoms with E-state index in [0.29, 0.717) is 29.5 Å². The van der Waals surface area contributed by atoms with Crippen LogP contribution in [0.25, 0.3) is 0 Å². The summed E-state index contributed by atoms with van der Waals surface area (Å²) in [7, 11) is 0. The normalized spacial score (nSPS) is 13.2. The van der Waals surface area contributed by atoms with Crippen LogP contribution in [0, 0.1) is 6.92 Å². The highest BCUT2D eigenvalue weighted by Gasteiger charge is 2.12. The third-order valence-corrected chi connectivity index (χ3v) is 4.39. The highest BCUT2D eigenvalue weighted by atomic mass is 16.5. The molecule has 2 aromatic rings. The van der Waals surface area contributed by atoms with Crippen molar-refractivity contribution >= 4 is 5.91 Å². The number of nitrogens with two attached hydrogens (primary N) is 1. The maximum Gasteiger partial charge on any atom is 0.249 e. The van der Waals surface area contributed by atoms with Gasteiger partial charge in [0.1, 0.15) is 18.5 Å². The van der Waals surface area contributed by atoms with Crippen molar-refractivity contribution in [3.63, 3.8) is 0 Å². The first-order valence-electron chi connectivity index (χ1n) is 8.95. The molecule has 0 spiro atoms. The summed E-state index contributed by atoms with van der Waals surface area (Å²) in [6.45, 7) is 4.49. The predicted octanol–water partition coefficient (Wildman–Crippen LogP) is 2.44. The molecule has 0 saturated carbocycles. The van der Waals surface area contributed by atoms with Crippen molar-refractivity contribution in [3.05, 3.63) is 65.2 Å². The molecule has 0 radical (unpaired) electrons. The number of aliphatic hydroxyl groups is 1. The number of benzene rings is 2. The fourth-order valence-corrected chi connectivity index (χ4v) is 2.75. The smallest absolute Gasteiger partial charge is 0.249 e. The average molecular weight is 356 g/mol. The van der Waals surface area contributed by atoms with Gasteiger partial charge in [-0.1, -0.05) is 36.4 Å². The molecule has 0 fully saturated rings. The van der Waals surface area contributed by atoms with Gasteiger partial charge in [-0.05, 0) is 44.4 Å². The summed E-state index contributed by atoms with van der Waals surface area (Å²) in [6.07, 6.45) is 1.36. The topological polar surface area (TPSA) is 84.6 Å². The van der Waals surface area contributed by atoms with Crippen molar-refractivity contribution in [1.29, 1.82) is 0 Å². The van der Waals surface area contributed by atoms with Gasteiger partial charge in [0.25, 0.3) is 0 Å². The van der Waals surface area contributed by atoms with Crippen LogP contribution in [0.3, 0.4) is 0 Å². The Balaban J connectivity index is 1.72. The number of rotatable bonds is 10. The van der Waals surface area contributed by atoms with Gasteiger partial charge in [-0.2, -0.15) is 0 Å². The van der Waals surface area contributed by atoms with Gasteiger partial charge in [-0.15, -0.1) is 0 Å². The summed E-state index contributed by atoms with van der Waals surface area (Å²) in [4.78, 5) is 11.4. The van der Waals surface area contributed by atoms with Crippen molar-refractivity contribution in [1.82, 2.24) is 5.32 Å². The fourth-order valence-electron chi connectivity index (χ4n) is 2.75. The van der Waals surface area contributed by atoms with E-state index in [1.54, 1.807) is 25.1 Å². The number of amides is 1. The maximum absolute atomic E-state index is 11.4. The summed E-state index contributed by atoms with van der Waals surface area (Å²) in [5.41, 5.74) is 7.78. The van der Waals surface area contributed by atoms with Gasteiger partial charge < -0.3 is 20.9 Å². The van der Waals surface area contributed by atoms with Gasteiger partial charge in [0.05, 0.1) is 0 Å². The largest absolute Gasteiger partial charge is 0.491 e. The van der Waals surface area contributed by atoms with Crippen LogP contribution in [0.1, 0.15) is 34.8 Å². The first-order valence-corrected chi connectivity index (χ1v) is 8.95. The van der Waals surface area contributed by atoms with E-state index in [9.17, 15) is 9.90 Å². The van der Waals surface area contributed by atoms with E-state index in [4.69, 9.17) is 10.5 Å². The number of hydrogen-bond acceptors (Lipinski definition) is 4. The molecule has 2 atom stereocenters. The molecule has 1 amide bonds. The number of primary amides is 1. The molecule has 0 saturated heterocycles. The number of nitrogens with one attached hydrogen (secondary N) is 1. The molecule has 2 aromatic carbocycles. The Labute approximate surface area is 155 Å². The highest BCUT2D eigenvalue weighted by Crippen LogP contribution is 2.21. The van der Waals surface area contributed by atoms with Crippen LogP contribution in [-0.2, 0) is 6.42 Å². The van der Waals surface area contributed by atoms with Crippen molar-refractivity contribution < 1.29 is 14.6 Å². The number of ether oxygens (including phenoxy) is 1. The first-order chi connectivity index (χ1) is 12.5. The van der Waals surface area contributed by atoms with Crippen LogP contribution in [0.2, 0.25) is 0 Å². The van der Waals surface area contributed by atoms with E-state index >= 15 is 0 Å². The van der Waals surface area contributed by atoms with Crippen molar-refractivity contribution in [2.45, 2.75) is 38.8 Å². The van der Waals surface area contributed by atoms with Crippen LogP contribution >= 0.6 is 0 Å². The van der Waals surface area contributed by atoms with Gasteiger partial charge in [-0.3, -0.25) is 4.79 Å². The molecule has 0 aliphatic heterocycles. The molecule has 0 aliphatic carbocycles. The van der Waals surface area contributed by atoms with Crippen LogP contribution in [0.4, 0.5) is 0 Å². The van der Waals surface area contributed by atoms with E-state index in [1.807, 2.05) is 18.2 Å². The molecule has 0 aromatic heterocycles. The van der Waals surface area contributed by atoms with E-state index < -0.39 is 12.0 Å². The lowest BCUT2D eigenvalue weighted by molar-refractivity contribution is 0.0993. The number of carbonyl (C=O) groups excluding carboxylic acids is 1. The minimum absolute atomic E-state index is 0.154. The number of carbonyl (C=O) groups is 1. The zero-order chi connectivity index (χ0) is 18.9. The minimum Gasteiger partial charge on any atom is -0.491 e. The molecule has 4 N–H and O–H groups in total. The van der Waals surface area contributed by atoms with Crippen molar-refractivity contribution in [3.8, 4) is 5.75 Å². The van der Waals surface area contributed by atoms with Crippen molar-refractivity contribution in [2.24, 2.45) is 5.73 Å². The molecule has 140 valence electrons. The van der Waals surface area contributed by atoms with E-state index in [-0.39, 0.29) is 6.61 Å². The Morgan fingerprint density at radius 2 is 1.92 bits per heavy atom. The Morgan fingerprint density at radius 3 is 2.62 bits per heavy atom. The lowest BCUT2D eigenvalue weighted by Crippen LogP contribution is -2.36. The van der Waals surface area contributed by atoms with Crippen LogP contribution in [0.5, 0.6) is 5.75 Å². The number of aliphatic hydroxyl groups excluding tert-OH is 1. The Kier molecular flexibility index (Phi) is 7.63. The molecule has 2 rings (SSSR count). The zero-order valence-corrected chi connectivity index (χ0v) is 15.4. The van der Waals surface area contributed by atoms with E-state index in [2.05, 4.69) is 24.4 Å². The molecule has 5 nitrogen and oxygen atoms in total. The minimum atomic E-state index is -0.634. The molecular formula is C21H28N2O3. The van der Waals surface area contributed by atoms with Crippen molar-refractivity contribution in [2.75, 3.05) is 13.2 Å². The molecule has 0 aliphatic rings. The Bertz CT molecular complexity index is 704. The summed E-state index contributed by atoms with van der Waals surface area (Å²) >= 11 is 0. The first kappa shape index (κ1) is 19.9. The predicted molar refractivity (Wildman–Crippen MR) is 103 cm³/mol. The average Bonchev–Trinajstić information content (AvgIpc) is 2.64. The highest BCUT2D eigenvalue weighted by molar-refractivity contribution is 5.94. The second kappa shape index (κ2) is 9.94. The molecule has 2 unspecified atom stereocenters. The number of hydrogen-bond donors (Lipinski definition) is 3. The third kappa shape index (κ3) is 6.17. The molecule has 0 bridgehead atoms. The van der Waals surface area contributed by atoms with Gasteiger partial charge in [-0.25, -0.2) is 0 Å². The van der Waals surface area contributed by atoms with Gasteiger partial charge in [0, 0.05) is 23.7 Å². The Hall–Kier alpha value is -2.37. The lowest BCUT2D eigenvalue weighted by atomic mass is 10.1. The summed E-state index contributed by atoms with van der Waals surface area (Å²) < 4.78 is 5.65. The standard InChI is InChI=1S/C21H28N2O3/c1-15(11-12-17-7-4-3-5-8-17)23-13-18(24)14-26-20-10-6-9-19(16(20)2)21(22)25/h3-10,15,18,23-24H,11-14H2,1-2H3,(H2,22,25).